The average molecular weight is 242 g/mol. The number of amidine groups is 1. The molecule has 1 aromatic rings. The first-order chi connectivity index (χ1) is 7.67. The molecule has 1 atom stereocenters. The van der Waals surface area contributed by atoms with Crippen LogP contribution in [-0.2, 0) is 6.54 Å². The zero-order valence-corrected chi connectivity index (χ0v) is 10.4. The van der Waals surface area contributed by atoms with E-state index in [4.69, 9.17) is 10.9 Å². The summed E-state index contributed by atoms with van der Waals surface area (Å²) in [4.78, 5) is 7.52. The smallest absolute Gasteiger partial charge is 0.143 e. The minimum Gasteiger partial charge on any atom is -0.409 e. The van der Waals surface area contributed by atoms with E-state index < -0.39 is 0 Å². The van der Waals surface area contributed by atoms with Gasteiger partial charge in [-0.05, 0) is 6.54 Å². The molecule has 0 spiro atoms. The third kappa shape index (κ3) is 3.79. The lowest BCUT2D eigenvalue weighted by molar-refractivity contribution is 0.259. The minimum absolute atomic E-state index is 0.0536. The lowest BCUT2D eigenvalue weighted by Crippen LogP contribution is -2.34. The number of hydrogen-bond acceptors (Lipinski definition) is 5. The molecule has 0 aliphatic heterocycles. The van der Waals surface area contributed by atoms with Gasteiger partial charge in [0.2, 0.25) is 0 Å². The number of hydrogen-bond donors (Lipinski definition) is 2. The molecular weight excluding hydrogens is 224 g/mol. The van der Waals surface area contributed by atoms with Gasteiger partial charge in [0, 0.05) is 30.1 Å². The number of rotatable bonds is 6. The van der Waals surface area contributed by atoms with Crippen LogP contribution in [0.4, 0.5) is 0 Å². The van der Waals surface area contributed by atoms with Crippen molar-refractivity contribution in [3.05, 3.63) is 16.6 Å². The molecule has 0 amide bonds. The molecule has 0 aliphatic carbocycles. The van der Waals surface area contributed by atoms with Gasteiger partial charge in [-0.1, -0.05) is 19.0 Å². The Morgan fingerprint density at radius 2 is 2.50 bits per heavy atom. The summed E-state index contributed by atoms with van der Waals surface area (Å²) in [7, 11) is 0. The number of thiazole rings is 1. The van der Waals surface area contributed by atoms with Crippen LogP contribution in [0.5, 0.6) is 0 Å². The van der Waals surface area contributed by atoms with Gasteiger partial charge < -0.3 is 10.9 Å². The average Bonchev–Trinajstić information content (AvgIpc) is 2.79. The predicted molar refractivity (Wildman–Crippen MR) is 65.6 cm³/mol. The Balaban J connectivity index is 2.49. The fourth-order valence-electron chi connectivity index (χ4n) is 1.43. The summed E-state index contributed by atoms with van der Waals surface area (Å²) >= 11 is 1.64. The van der Waals surface area contributed by atoms with Crippen molar-refractivity contribution in [3.8, 4) is 0 Å². The predicted octanol–water partition coefficient (Wildman–Crippen LogP) is 1.35. The molecule has 3 N–H and O–H groups in total. The van der Waals surface area contributed by atoms with Crippen LogP contribution in [0.15, 0.2) is 16.9 Å². The molecule has 5 nitrogen and oxygen atoms in total. The summed E-state index contributed by atoms with van der Waals surface area (Å²) in [6, 6.07) is 0. The topological polar surface area (TPSA) is 74.7 Å². The molecule has 6 heteroatoms. The molecule has 1 rings (SSSR count). The van der Waals surface area contributed by atoms with Crippen LogP contribution in [0.25, 0.3) is 0 Å². The van der Waals surface area contributed by atoms with Crippen LogP contribution in [0.3, 0.4) is 0 Å². The van der Waals surface area contributed by atoms with Gasteiger partial charge in [0.15, 0.2) is 0 Å². The summed E-state index contributed by atoms with van der Waals surface area (Å²) in [5, 5.41) is 11.6. The van der Waals surface area contributed by atoms with Crippen LogP contribution in [0.2, 0.25) is 0 Å². The van der Waals surface area contributed by atoms with Crippen molar-refractivity contribution in [2.24, 2.45) is 16.8 Å². The highest BCUT2D eigenvalue weighted by molar-refractivity contribution is 7.09. The fraction of sp³-hybridized carbons (Fsp3) is 0.600. The lowest BCUT2D eigenvalue weighted by atomic mass is 10.1. The summed E-state index contributed by atoms with van der Waals surface area (Å²) in [5.41, 5.74) is 7.39. The number of nitrogens with zero attached hydrogens (tertiary/aromatic N) is 3. The van der Waals surface area contributed by atoms with Crippen molar-refractivity contribution in [1.29, 1.82) is 0 Å². The molecule has 0 bridgehead atoms. The van der Waals surface area contributed by atoms with E-state index >= 15 is 0 Å². The Morgan fingerprint density at radius 3 is 3.00 bits per heavy atom. The van der Waals surface area contributed by atoms with Gasteiger partial charge >= 0.3 is 0 Å². The normalized spacial score (nSPS) is 14.3. The van der Waals surface area contributed by atoms with Gasteiger partial charge in [-0.3, -0.25) is 9.88 Å². The number of aromatic nitrogens is 1. The molecule has 0 radical (unpaired) electrons. The third-order valence-electron chi connectivity index (χ3n) is 2.46. The first-order valence-corrected chi connectivity index (χ1v) is 6.12. The van der Waals surface area contributed by atoms with Gasteiger partial charge in [0.25, 0.3) is 0 Å². The highest BCUT2D eigenvalue weighted by Crippen LogP contribution is 2.11. The second-order valence-corrected chi connectivity index (χ2v) is 4.69. The molecule has 0 aromatic carbocycles. The van der Waals surface area contributed by atoms with Gasteiger partial charge in [-0.15, -0.1) is 11.3 Å². The Kier molecular flexibility index (Phi) is 5.21. The number of oxime groups is 1. The molecule has 0 saturated heterocycles. The summed E-state index contributed by atoms with van der Waals surface area (Å²) in [6.07, 6.45) is 1.88. The maximum absolute atomic E-state index is 8.58. The van der Waals surface area contributed by atoms with Crippen LogP contribution in [-0.4, -0.2) is 34.0 Å². The Bertz CT molecular complexity index is 326. The van der Waals surface area contributed by atoms with Crippen molar-refractivity contribution in [2.75, 3.05) is 13.1 Å². The SMILES string of the molecule is CCN(Cc1cncs1)CC(C)C(N)=NO. The molecule has 1 unspecified atom stereocenters. The van der Waals surface area contributed by atoms with Crippen molar-refractivity contribution in [3.63, 3.8) is 0 Å². The maximum Gasteiger partial charge on any atom is 0.143 e. The zero-order chi connectivity index (χ0) is 12.0. The van der Waals surface area contributed by atoms with Crippen molar-refractivity contribution < 1.29 is 5.21 Å². The van der Waals surface area contributed by atoms with Crippen molar-refractivity contribution in [2.45, 2.75) is 20.4 Å². The van der Waals surface area contributed by atoms with E-state index in [2.05, 4.69) is 22.0 Å². The van der Waals surface area contributed by atoms with E-state index in [1.807, 2.05) is 18.6 Å². The first kappa shape index (κ1) is 12.9. The van der Waals surface area contributed by atoms with E-state index in [9.17, 15) is 0 Å². The lowest BCUT2D eigenvalue weighted by Gasteiger charge is -2.22. The highest BCUT2D eigenvalue weighted by atomic mass is 32.1. The molecule has 0 aliphatic rings. The Morgan fingerprint density at radius 1 is 1.75 bits per heavy atom. The molecule has 0 saturated carbocycles. The van der Waals surface area contributed by atoms with Crippen LogP contribution in [0, 0.1) is 5.92 Å². The standard InChI is InChI=1S/C10H18N4OS/c1-3-14(5-8(2)10(11)13-15)6-9-4-12-7-16-9/h4,7-8,15H,3,5-6H2,1-2H3,(H2,11,13). The van der Waals surface area contributed by atoms with Crippen molar-refractivity contribution in [1.82, 2.24) is 9.88 Å². The molecule has 0 fully saturated rings. The highest BCUT2D eigenvalue weighted by Gasteiger charge is 2.13. The summed E-state index contributed by atoms with van der Waals surface area (Å²) in [6.45, 7) is 6.62. The van der Waals surface area contributed by atoms with Crippen molar-refractivity contribution >= 4 is 17.2 Å². The van der Waals surface area contributed by atoms with E-state index in [1.54, 1.807) is 11.3 Å². The number of nitrogens with two attached hydrogens (primary N) is 1. The van der Waals surface area contributed by atoms with E-state index in [0.717, 1.165) is 19.6 Å². The largest absolute Gasteiger partial charge is 0.409 e. The van der Waals surface area contributed by atoms with Crippen LogP contribution in [0.1, 0.15) is 18.7 Å². The van der Waals surface area contributed by atoms with E-state index in [1.165, 1.54) is 4.88 Å². The molecule has 1 aromatic heterocycles. The van der Waals surface area contributed by atoms with E-state index in [0.29, 0.717) is 0 Å². The summed E-state index contributed by atoms with van der Waals surface area (Å²) < 4.78 is 0. The quantitative estimate of drug-likeness (QED) is 0.342. The molecule has 90 valence electrons. The maximum atomic E-state index is 8.58. The minimum atomic E-state index is 0.0536. The van der Waals surface area contributed by atoms with Gasteiger partial charge in [-0.25, -0.2) is 0 Å². The Labute approximate surface area is 99.6 Å². The molecular formula is C10H18N4OS. The first-order valence-electron chi connectivity index (χ1n) is 5.24. The second-order valence-electron chi connectivity index (χ2n) is 3.72. The monoisotopic (exact) mass is 242 g/mol. The molecule has 1 heterocycles. The third-order valence-corrected chi connectivity index (χ3v) is 3.23. The zero-order valence-electron chi connectivity index (χ0n) is 9.63. The molecule has 16 heavy (non-hydrogen) atoms. The van der Waals surface area contributed by atoms with E-state index in [-0.39, 0.29) is 11.8 Å². The second kappa shape index (κ2) is 6.44. The Hall–Kier alpha value is -1.14. The van der Waals surface area contributed by atoms with Gasteiger partial charge in [0.05, 0.1) is 5.51 Å². The fourth-order valence-corrected chi connectivity index (χ4v) is 2.06. The van der Waals surface area contributed by atoms with Crippen LogP contribution < -0.4 is 5.73 Å². The summed E-state index contributed by atoms with van der Waals surface area (Å²) in [5.74, 6) is 0.334. The van der Waals surface area contributed by atoms with Gasteiger partial charge in [-0.2, -0.15) is 0 Å². The van der Waals surface area contributed by atoms with Gasteiger partial charge in [0.1, 0.15) is 5.84 Å². The van der Waals surface area contributed by atoms with Crippen LogP contribution >= 0.6 is 11.3 Å².